The summed E-state index contributed by atoms with van der Waals surface area (Å²) in [4.78, 5) is 0. The number of methoxy groups -OCH3 is 1. The summed E-state index contributed by atoms with van der Waals surface area (Å²) >= 11 is 0. The molecule has 1 rings (SSSR count). The number of aryl methyl sites for hydroxylation is 2. The van der Waals surface area contributed by atoms with Crippen molar-refractivity contribution in [2.24, 2.45) is 7.05 Å². The van der Waals surface area contributed by atoms with Crippen LogP contribution in [0.3, 0.4) is 0 Å². The second-order valence-electron chi connectivity index (χ2n) is 4.41. The van der Waals surface area contributed by atoms with Crippen LogP contribution in [0.2, 0.25) is 0 Å². The predicted molar refractivity (Wildman–Crippen MR) is 73.5 cm³/mol. The fourth-order valence-electron chi connectivity index (χ4n) is 1.64. The van der Waals surface area contributed by atoms with Gasteiger partial charge in [-0.05, 0) is 6.92 Å². The molecule has 1 aromatic heterocycles. The van der Waals surface area contributed by atoms with Crippen LogP contribution in [0, 0.1) is 6.92 Å². The highest BCUT2D eigenvalue weighted by Crippen LogP contribution is 2.11. The summed E-state index contributed by atoms with van der Waals surface area (Å²) in [5.41, 5.74) is 1.07. The maximum Gasteiger partial charge on any atom is 0.235 e. The summed E-state index contributed by atoms with van der Waals surface area (Å²) in [5.74, 6) is 0.706. The molecule has 0 saturated carbocycles. The lowest BCUT2D eigenvalue weighted by atomic mass is 10.1. The van der Waals surface area contributed by atoms with Crippen LogP contribution in [0.25, 0.3) is 0 Å². The van der Waals surface area contributed by atoms with Crippen LogP contribution in [0.1, 0.15) is 57.9 Å². The molecule has 0 atom stereocenters. The molecule has 17 heavy (non-hydrogen) atoms. The van der Waals surface area contributed by atoms with Crippen molar-refractivity contribution >= 4 is 0 Å². The topological polar surface area (TPSA) is 27.1 Å². The Bertz CT molecular complexity index is 276. The number of unbranched alkanes of at least 4 members (excludes halogenated alkanes) is 5. The molecule has 0 aliphatic heterocycles. The maximum atomic E-state index is 4.93. The second-order valence-corrected chi connectivity index (χ2v) is 4.41. The lowest BCUT2D eigenvalue weighted by Gasteiger charge is -1.93. The van der Waals surface area contributed by atoms with E-state index < -0.39 is 0 Å². The lowest BCUT2D eigenvalue weighted by molar-refractivity contribution is 0.389. The van der Waals surface area contributed by atoms with Gasteiger partial charge in [0.15, 0.2) is 0 Å². The number of hydrogen-bond donors (Lipinski definition) is 0. The van der Waals surface area contributed by atoms with E-state index in [1.807, 2.05) is 20.2 Å². The highest BCUT2D eigenvalue weighted by atomic mass is 16.5. The fraction of sp³-hybridized carbons (Fsp3) is 0.786. The molecule has 1 aromatic rings. The second kappa shape index (κ2) is 10.2. The van der Waals surface area contributed by atoms with Crippen LogP contribution >= 0.6 is 0 Å². The van der Waals surface area contributed by atoms with Gasteiger partial charge in [-0.3, -0.25) is 4.68 Å². The minimum atomic E-state index is 0.706. The minimum Gasteiger partial charge on any atom is -0.480 e. The van der Waals surface area contributed by atoms with Crippen molar-refractivity contribution in [2.75, 3.05) is 7.11 Å². The smallest absolute Gasteiger partial charge is 0.235 e. The molecule has 0 saturated heterocycles. The first kappa shape index (κ1) is 16.0. The fourth-order valence-corrected chi connectivity index (χ4v) is 1.64. The Hall–Kier alpha value is -0.990. The molecule has 3 nitrogen and oxygen atoms in total. The summed E-state index contributed by atoms with van der Waals surface area (Å²) in [6.07, 6.45) is 10.4. The van der Waals surface area contributed by atoms with Gasteiger partial charge in [0.2, 0.25) is 5.88 Å². The number of aromatic nitrogens is 2. The summed E-state index contributed by atoms with van der Waals surface area (Å²) in [5, 5.41) is 4.02. The SMILES string of the molecule is CCCCCCCC.COc1nn(C)cc1C. The molecule has 0 spiro atoms. The van der Waals surface area contributed by atoms with Gasteiger partial charge in [0.1, 0.15) is 0 Å². The van der Waals surface area contributed by atoms with Crippen LogP contribution < -0.4 is 4.74 Å². The van der Waals surface area contributed by atoms with Crippen molar-refractivity contribution < 1.29 is 4.74 Å². The monoisotopic (exact) mass is 240 g/mol. The number of ether oxygens (including phenoxy) is 1. The molecule has 0 aliphatic rings. The van der Waals surface area contributed by atoms with Crippen LogP contribution in [-0.2, 0) is 7.05 Å². The quantitative estimate of drug-likeness (QED) is 0.700. The van der Waals surface area contributed by atoms with Crippen molar-refractivity contribution in [1.82, 2.24) is 9.78 Å². The summed E-state index contributed by atoms with van der Waals surface area (Å²) in [6, 6.07) is 0. The third-order valence-corrected chi connectivity index (χ3v) is 2.62. The van der Waals surface area contributed by atoms with Gasteiger partial charge in [-0.2, -0.15) is 0 Å². The molecule has 0 unspecified atom stereocenters. The van der Waals surface area contributed by atoms with Gasteiger partial charge in [-0.15, -0.1) is 5.10 Å². The van der Waals surface area contributed by atoms with Crippen LogP contribution in [-0.4, -0.2) is 16.9 Å². The maximum absolute atomic E-state index is 4.93. The van der Waals surface area contributed by atoms with Gasteiger partial charge in [0.05, 0.1) is 7.11 Å². The van der Waals surface area contributed by atoms with E-state index in [1.54, 1.807) is 11.8 Å². The van der Waals surface area contributed by atoms with Gasteiger partial charge in [-0.25, -0.2) is 0 Å². The van der Waals surface area contributed by atoms with Gasteiger partial charge in [-0.1, -0.05) is 52.4 Å². The third kappa shape index (κ3) is 7.83. The summed E-state index contributed by atoms with van der Waals surface area (Å²) < 4.78 is 6.66. The van der Waals surface area contributed by atoms with Gasteiger partial charge >= 0.3 is 0 Å². The average Bonchev–Trinajstić information content (AvgIpc) is 2.64. The molecule has 0 radical (unpaired) electrons. The Morgan fingerprint density at radius 2 is 1.65 bits per heavy atom. The molecule has 100 valence electrons. The van der Waals surface area contributed by atoms with E-state index in [9.17, 15) is 0 Å². The zero-order valence-corrected chi connectivity index (χ0v) is 12.1. The highest BCUT2D eigenvalue weighted by Gasteiger charge is 1.99. The zero-order chi connectivity index (χ0) is 13.1. The van der Waals surface area contributed by atoms with Crippen LogP contribution in [0.15, 0.2) is 6.20 Å². The first-order valence-electron chi connectivity index (χ1n) is 6.69. The molecule has 0 aromatic carbocycles. The molecular weight excluding hydrogens is 212 g/mol. The Balaban J connectivity index is 0.000000304. The van der Waals surface area contributed by atoms with E-state index in [4.69, 9.17) is 4.74 Å². The molecule has 3 heteroatoms. The van der Waals surface area contributed by atoms with E-state index in [0.29, 0.717) is 5.88 Å². The largest absolute Gasteiger partial charge is 0.480 e. The van der Waals surface area contributed by atoms with Crippen molar-refractivity contribution in [3.8, 4) is 5.88 Å². The Morgan fingerprint density at radius 3 is 1.88 bits per heavy atom. The number of nitrogens with zero attached hydrogens (tertiary/aromatic N) is 2. The average molecular weight is 240 g/mol. The molecule has 0 fully saturated rings. The summed E-state index contributed by atoms with van der Waals surface area (Å²) in [7, 11) is 3.49. The van der Waals surface area contributed by atoms with E-state index in [1.165, 1.54) is 38.5 Å². The van der Waals surface area contributed by atoms with E-state index in [0.717, 1.165) is 5.56 Å². The first-order chi connectivity index (χ1) is 8.15. The predicted octanol–water partition coefficient (Wildman–Crippen LogP) is 4.10. The van der Waals surface area contributed by atoms with Crippen molar-refractivity contribution in [1.29, 1.82) is 0 Å². The van der Waals surface area contributed by atoms with E-state index in [-0.39, 0.29) is 0 Å². The summed E-state index contributed by atoms with van der Waals surface area (Å²) in [6.45, 7) is 6.48. The molecule has 0 N–H and O–H groups in total. The number of hydrogen-bond acceptors (Lipinski definition) is 2. The first-order valence-corrected chi connectivity index (χ1v) is 6.69. The third-order valence-electron chi connectivity index (χ3n) is 2.62. The Kier molecular flexibility index (Phi) is 9.59. The number of rotatable bonds is 6. The molecule has 0 amide bonds. The van der Waals surface area contributed by atoms with Crippen LogP contribution in [0.4, 0.5) is 0 Å². The molecule has 0 aliphatic carbocycles. The lowest BCUT2D eigenvalue weighted by Crippen LogP contribution is -1.88. The van der Waals surface area contributed by atoms with Gasteiger partial charge in [0, 0.05) is 18.8 Å². The molecule has 1 heterocycles. The molecule has 0 bridgehead atoms. The Labute approximate surface area is 106 Å². The van der Waals surface area contributed by atoms with Crippen LogP contribution in [0.5, 0.6) is 5.88 Å². The van der Waals surface area contributed by atoms with Crippen molar-refractivity contribution in [3.63, 3.8) is 0 Å². The van der Waals surface area contributed by atoms with Crippen molar-refractivity contribution in [3.05, 3.63) is 11.8 Å². The standard InChI is InChI=1S/C8H18.C6H10N2O/c1-3-5-7-8-6-4-2;1-5-4-8(2)7-6(5)9-3/h3-8H2,1-2H3;4H,1-3H3. The van der Waals surface area contributed by atoms with Gasteiger partial charge < -0.3 is 4.74 Å². The van der Waals surface area contributed by atoms with E-state index >= 15 is 0 Å². The normalized spacial score (nSPS) is 9.71. The minimum absolute atomic E-state index is 0.706. The zero-order valence-electron chi connectivity index (χ0n) is 12.1. The highest BCUT2D eigenvalue weighted by molar-refractivity contribution is 5.20. The molecular formula is C14H28N2O. The van der Waals surface area contributed by atoms with E-state index in [2.05, 4.69) is 18.9 Å². The van der Waals surface area contributed by atoms with Gasteiger partial charge in [0.25, 0.3) is 0 Å². The van der Waals surface area contributed by atoms with Crippen molar-refractivity contribution in [2.45, 2.75) is 59.3 Å². The Morgan fingerprint density at radius 1 is 1.12 bits per heavy atom.